The highest BCUT2D eigenvalue weighted by atomic mass is 79.9. The summed E-state index contributed by atoms with van der Waals surface area (Å²) in [7, 11) is 4.11. The Morgan fingerprint density at radius 2 is 1.88 bits per heavy atom. The van der Waals surface area contributed by atoms with Gasteiger partial charge in [-0.15, -0.1) is 0 Å². The van der Waals surface area contributed by atoms with E-state index in [1.165, 1.54) is 32.2 Å². The number of benzene rings is 1. The molecule has 1 heterocycles. The summed E-state index contributed by atoms with van der Waals surface area (Å²) >= 11 is 3.73. The molecule has 0 saturated heterocycles. The van der Waals surface area contributed by atoms with Gasteiger partial charge in [0, 0.05) is 29.1 Å². The Morgan fingerprint density at radius 3 is 2.44 bits per heavy atom. The number of halogens is 1. The Labute approximate surface area is 105 Å². The molecule has 1 N–H and O–H groups in total. The number of rotatable bonds is 2. The van der Waals surface area contributed by atoms with Crippen molar-refractivity contribution >= 4 is 26.8 Å². The van der Waals surface area contributed by atoms with Crippen molar-refractivity contribution in [2.75, 3.05) is 7.05 Å². The Bertz CT molecular complexity index is 496. The molecule has 0 amide bonds. The van der Waals surface area contributed by atoms with Crippen LogP contribution in [-0.4, -0.2) is 11.6 Å². The monoisotopic (exact) mass is 280 g/mol. The topological polar surface area (TPSA) is 17.0 Å². The van der Waals surface area contributed by atoms with E-state index in [9.17, 15) is 0 Å². The Balaban J connectivity index is 2.87. The lowest BCUT2D eigenvalue weighted by atomic mass is 10.1. The van der Waals surface area contributed by atoms with Crippen LogP contribution in [0, 0.1) is 13.8 Å². The van der Waals surface area contributed by atoms with Crippen molar-refractivity contribution in [2.45, 2.75) is 20.4 Å². The molecule has 2 aromatic rings. The highest BCUT2D eigenvalue weighted by Crippen LogP contribution is 2.34. The molecule has 0 bridgehead atoms. The van der Waals surface area contributed by atoms with Crippen molar-refractivity contribution in [3.8, 4) is 0 Å². The van der Waals surface area contributed by atoms with Crippen LogP contribution in [0.25, 0.3) is 10.9 Å². The van der Waals surface area contributed by atoms with Crippen LogP contribution < -0.4 is 5.32 Å². The van der Waals surface area contributed by atoms with E-state index in [2.05, 4.69) is 58.8 Å². The molecule has 0 unspecified atom stereocenters. The maximum absolute atomic E-state index is 3.73. The molecule has 86 valence electrons. The third-order valence-electron chi connectivity index (χ3n) is 3.15. The molecule has 1 aromatic heterocycles. The SMILES string of the molecule is CNCc1c(Br)c2c(C)ccc(C)c2n1C. The maximum atomic E-state index is 3.73. The normalized spacial score (nSPS) is 11.3. The zero-order valence-electron chi connectivity index (χ0n) is 10.2. The molecule has 0 spiro atoms. The van der Waals surface area contributed by atoms with Crippen LogP contribution in [0.3, 0.4) is 0 Å². The minimum absolute atomic E-state index is 0.880. The van der Waals surface area contributed by atoms with Gasteiger partial charge in [-0.05, 0) is 48.0 Å². The molecule has 0 aliphatic heterocycles. The van der Waals surface area contributed by atoms with Crippen LogP contribution in [0.15, 0.2) is 16.6 Å². The second-order valence-electron chi connectivity index (χ2n) is 4.27. The van der Waals surface area contributed by atoms with Crippen LogP contribution in [0.1, 0.15) is 16.8 Å². The fourth-order valence-corrected chi connectivity index (χ4v) is 3.20. The first-order chi connectivity index (χ1) is 7.57. The quantitative estimate of drug-likeness (QED) is 0.894. The van der Waals surface area contributed by atoms with Crippen molar-refractivity contribution in [1.82, 2.24) is 9.88 Å². The lowest BCUT2D eigenvalue weighted by molar-refractivity contribution is 0.741. The van der Waals surface area contributed by atoms with E-state index in [1.807, 2.05) is 7.05 Å². The molecule has 0 saturated carbocycles. The molecule has 0 aliphatic carbocycles. The van der Waals surface area contributed by atoms with Crippen molar-refractivity contribution < 1.29 is 0 Å². The van der Waals surface area contributed by atoms with E-state index < -0.39 is 0 Å². The fraction of sp³-hybridized carbons (Fsp3) is 0.385. The minimum Gasteiger partial charge on any atom is -0.345 e. The van der Waals surface area contributed by atoms with Gasteiger partial charge in [0.1, 0.15) is 0 Å². The molecular weight excluding hydrogens is 264 g/mol. The van der Waals surface area contributed by atoms with Crippen LogP contribution in [-0.2, 0) is 13.6 Å². The average Bonchev–Trinajstić information content (AvgIpc) is 2.50. The van der Waals surface area contributed by atoms with E-state index >= 15 is 0 Å². The van der Waals surface area contributed by atoms with Gasteiger partial charge in [0.25, 0.3) is 0 Å². The van der Waals surface area contributed by atoms with Gasteiger partial charge in [0.2, 0.25) is 0 Å². The largest absolute Gasteiger partial charge is 0.345 e. The predicted molar refractivity (Wildman–Crippen MR) is 72.9 cm³/mol. The van der Waals surface area contributed by atoms with Gasteiger partial charge >= 0.3 is 0 Å². The van der Waals surface area contributed by atoms with Crippen LogP contribution >= 0.6 is 15.9 Å². The van der Waals surface area contributed by atoms with E-state index in [0.29, 0.717) is 0 Å². The molecule has 0 fully saturated rings. The summed E-state index contributed by atoms with van der Waals surface area (Å²) < 4.78 is 3.50. The third-order valence-corrected chi connectivity index (χ3v) is 4.00. The van der Waals surface area contributed by atoms with Crippen LogP contribution in [0.5, 0.6) is 0 Å². The zero-order chi connectivity index (χ0) is 11.9. The van der Waals surface area contributed by atoms with Gasteiger partial charge in [0.15, 0.2) is 0 Å². The van der Waals surface area contributed by atoms with Gasteiger partial charge in [-0.3, -0.25) is 0 Å². The highest BCUT2D eigenvalue weighted by molar-refractivity contribution is 9.10. The highest BCUT2D eigenvalue weighted by Gasteiger charge is 2.15. The summed E-state index contributed by atoms with van der Waals surface area (Å²) in [5.74, 6) is 0. The standard InChI is InChI=1S/C13H17BrN2/c1-8-5-6-9(2)13-11(8)12(14)10(7-15-3)16(13)4/h5-6,15H,7H2,1-4H3. The predicted octanol–water partition coefficient (Wildman–Crippen LogP) is 3.28. The van der Waals surface area contributed by atoms with Crippen molar-refractivity contribution in [3.05, 3.63) is 33.4 Å². The number of hydrogen-bond donors (Lipinski definition) is 1. The summed E-state index contributed by atoms with van der Waals surface area (Å²) in [4.78, 5) is 0. The maximum Gasteiger partial charge on any atom is 0.0524 e. The van der Waals surface area contributed by atoms with Gasteiger partial charge in [-0.1, -0.05) is 12.1 Å². The summed E-state index contributed by atoms with van der Waals surface area (Å²) in [6.45, 7) is 5.21. The van der Waals surface area contributed by atoms with Gasteiger partial charge in [-0.2, -0.15) is 0 Å². The first-order valence-corrected chi connectivity index (χ1v) is 6.24. The summed E-state index contributed by atoms with van der Waals surface area (Å²) in [6, 6.07) is 4.37. The van der Waals surface area contributed by atoms with E-state index in [0.717, 1.165) is 6.54 Å². The number of aryl methyl sites for hydroxylation is 3. The zero-order valence-corrected chi connectivity index (χ0v) is 11.8. The lowest BCUT2D eigenvalue weighted by Crippen LogP contribution is -2.09. The van der Waals surface area contributed by atoms with Crippen molar-refractivity contribution in [1.29, 1.82) is 0 Å². The number of hydrogen-bond acceptors (Lipinski definition) is 1. The summed E-state index contributed by atoms with van der Waals surface area (Å²) in [6.07, 6.45) is 0. The molecule has 1 aromatic carbocycles. The molecule has 0 atom stereocenters. The van der Waals surface area contributed by atoms with Crippen LogP contribution in [0.2, 0.25) is 0 Å². The molecule has 0 aliphatic rings. The second kappa shape index (κ2) is 4.22. The molecule has 0 radical (unpaired) electrons. The smallest absolute Gasteiger partial charge is 0.0524 e. The number of aromatic nitrogens is 1. The minimum atomic E-state index is 0.880. The van der Waals surface area contributed by atoms with Crippen molar-refractivity contribution in [3.63, 3.8) is 0 Å². The third kappa shape index (κ3) is 1.59. The second-order valence-corrected chi connectivity index (χ2v) is 5.07. The van der Waals surface area contributed by atoms with Gasteiger partial charge in [0.05, 0.1) is 5.52 Å². The summed E-state index contributed by atoms with van der Waals surface area (Å²) in [5, 5.41) is 4.56. The first-order valence-electron chi connectivity index (χ1n) is 5.45. The molecule has 16 heavy (non-hydrogen) atoms. The first kappa shape index (κ1) is 11.7. The Hall–Kier alpha value is -0.800. The van der Waals surface area contributed by atoms with E-state index in [4.69, 9.17) is 0 Å². The Kier molecular flexibility index (Phi) is 3.08. The van der Waals surface area contributed by atoms with Gasteiger partial charge in [-0.25, -0.2) is 0 Å². The molecule has 2 rings (SSSR count). The average molecular weight is 281 g/mol. The molecule has 3 heteroatoms. The number of fused-ring (bicyclic) bond motifs is 1. The van der Waals surface area contributed by atoms with E-state index in [1.54, 1.807) is 0 Å². The number of nitrogens with zero attached hydrogens (tertiary/aromatic N) is 1. The fourth-order valence-electron chi connectivity index (χ4n) is 2.30. The molecule has 2 nitrogen and oxygen atoms in total. The lowest BCUT2D eigenvalue weighted by Gasteiger charge is -2.05. The van der Waals surface area contributed by atoms with Crippen LogP contribution in [0.4, 0.5) is 0 Å². The number of nitrogens with one attached hydrogen (secondary N) is 1. The van der Waals surface area contributed by atoms with E-state index in [-0.39, 0.29) is 0 Å². The Morgan fingerprint density at radius 1 is 1.25 bits per heavy atom. The van der Waals surface area contributed by atoms with Gasteiger partial charge < -0.3 is 9.88 Å². The molecular formula is C13H17BrN2. The summed E-state index contributed by atoms with van der Waals surface area (Å²) in [5.41, 5.74) is 5.28. The van der Waals surface area contributed by atoms with Crippen molar-refractivity contribution in [2.24, 2.45) is 7.05 Å².